The van der Waals surface area contributed by atoms with Crippen molar-refractivity contribution < 1.29 is 13.2 Å². The summed E-state index contributed by atoms with van der Waals surface area (Å²) in [5.41, 5.74) is 0.230. The zero-order valence-electron chi connectivity index (χ0n) is 13.3. The standard InChI is InChI=1S/C17H11Cl2F3N4/c1-9-8-10(18)5-6-11(9)24-16-13(17(20,21)22)14(19)25-15(26-16)12-4-2-3-7-23-12/h2-8H,1H3,(H,24,25,26). The van der Waals surface area contributed by atoms with Crippen molar-refractivity contribution in [2.45, 2.75) is 13.1 Å². The first kappa shape index (κ1) is 18.4. The third-order valence-corrected chi connectivity index (χ3v) is 3.99. The fourth-order valence-corrected chi connectivity index (χ4v) is 2.78. The summed E-state index contributed by atoms with van der Waals surface area (Å²) in [7, 11) is 0. The van der Waals surface area contributed by atoms with E-state index in [4.69, 9.17) is 23.2 Å². The summed E-state index contributed by atoms with van der Waals surface area (Å²) in [6.07, 6.45) is -3.25. The SMILES string of the molecule is Cc1cc(Cl)ccc1Nc1nc(-c2ccccn2)nc(Cl)c1C(F)(F)F. The molecule has 0 bridgehead atoms. The third-order valence-electron chi connectivity index (χ3n) is 3.48. The van der Waals surface area contributed by atoms with Crippen LogP contribution in [0.25, 0.3) is 11.5 Å². The molecule has 3 aromatic rings. The number of benzene rings is 1. The quantitative estimate of drug-likeness (QED) is 0.556. The molecule has 0 radical (unpaired) electrons. The minimum absolute atomic E-state index is 0.0160. The van der Waals surface area contributed by atoms with E-state index in [1.807, 2.05) is 0 Å². The molecule has 0 saturated carbocycles. The molecule has 26 heavy (non-hydrogen) atoms. The van der Waals surface area contributed by atoms with Crippen LogP contribution in [0.15, 0.2) is 42.6 Å². The molecule has 2 heterocycles. The van der Waals surface area contributed by atoms with Gasteiger partial charge in [0.2, 0.25) is 0 Å². The van der Waals surface area contributed by atoms with Gasteiger partial charge in [0.1, 0.15) is 22.2 Å². The first-order chi connectivity index (χ1) is 12.3. The Balaban J connectivity index is 2.15. The number of halogens is 5. The molecule has 1 N–H and O–H groups in total. The van der Waals surface area contributed by atoms with E-state index in [1.54, 1.807) is 43.3 Å². The van der Waals surface area contributed by atoms with Gasteiger partial charge in [-0.05, 0) is 42.8 Å². The van der Waals surface area contributed by atoms with E-state index in [-0.39, 0.29) is 5.82 Å². The molecule has 9 heteroatoms. The number of alkyl halides is 3. The van der Waals surface area contributed by atoms with Crippen molar-refractivity contribution in [1.29, 1.82) is 0 Å². The molecule has 0 saturated heterocycles. The van der Waals surface area contributed by atoms with Gasteiger partial charge in [-0.1, -0.05) is 29.3 Å². The topological polar surface area (TPSA) is 50.7 Å². The van der Waals surface area contributed by atoms with E-state index in [1.165, 1.54) is 6.20 Å². The summed E-state index contributed by atoms with van der Waals surface area (Å²) >= 11 is 11.7. The van der Waals surface area contributed by atoms with Crippen molar-refractivity contribution in [3.63, 3.8) is 0 Å². The highest BCUT2D eigenvalue weighted by molar-refractivity contribution is 6.31. The molecule has 0 aliphatic rings. The lowest BCUT2D eigenvalue weighted by Gasteiger charge is -2.17. The van der Waals surface area contributed by atoms with Gasteiger partial charge in [-0.25, -0.2) is 9.97 Å². The second-order valence-corrected chi connectivity index (χ2v) is 6.15. The van der Waals surface area contributed by atoms with E-state index >= 15 is 0 Å². The van der Waals surface area contributed by atoms with Crippen LogP contribution in [-0.4, -0.2) is 15.0 Å². The molecule has 0 fully saturated rings. The molecule has 3 rings (SSSR count). The highest BCUT2D eigenvalue weighted by atomic mass is 35.5. The first-order valence-corrected chi connectivity index (χ1v) is 8.10. The lowest BCUT2D eigenvalue weighted by molar-refractivity contribution is -0.137. The van der Waals surface area contributed by atoms with Gasteiger partial charge in [0.25, 0.3) is 0 Å². The largest absolute Gasteiger partial charge is 0.422 e. The molecule has 0 aliphatic heterocycles. The predicted molar refractivity (Wildman–Crippen MR) is 94.7 cm³/mol. The Hall–Kier alpha value is -2.38. The van der Waals surface area contributed by atoms with Crippen LogP contribution in [-0.2, 0) is 6.18 Å². The number of hydrogen-bond donors (Lipinski definition) is 1. The second kappa shape index (κ2) is 7.09. The maximum absolute atomic E-state index is 13.5. The van der Waals surface area contributed by atoms with Gasteiger partial charge in [0, 0.05) is 16.9 Å². The van der Waals surface area contributed by atoms with E-state index in [2.05, 4.69) is 20.3 Å². The fourth-order valence-electron chi connectivity index (χ4n) is 2.28. The molecule has 0 atom stereocenters. The van der Waals surface area contributed by atoms with Crippen LogP contribution >= 0.6 is 23.2 Å². The zero-order valence-corrected chi connectivity index (χ0v) is 14.8. The fraction of sp³-hybridized carbons (Fsp3) is 0.118. The Labute approximate surface area is 157 Å². The van der Waals surface area contributed by atoms with Crippen LogP contribution in [0.5, 0.6) is 0 Å². The maximum atomic E-state index is 13.5. The number of rotatable bonds is 3. The summed E-state index contributed by atoms with van der Waals surface area (Å²) in [4.78, 5) is 11.8. The summed E-state index contributed by atoms with van der Waals surface area (Å²) < 4.78 is 40.4. The Morgan fingerprint density at radius 3 is 2.42 bits per heavy atom. The average Bonchev–Trinajstić information content (AvgIpc) is 2.56. The van der Waals surface area contributed by atoms with Crippen LogP contribution in [0, 0.1) is 6.92 Å². The summed E-state index contributed by atoms with van der Waals surface area (Å²) in [6, 6.07) is 9.68. The van der Waals surface area contributed by atoms with E-state index in [9.17, 15) is 13.2 Å². The average molecular weight is 399 g/mol. The highest BCUT2D eigenvalue weighted by Crippen LogP contribution is 2.40. The van der Waals surface area contributed by atoms with Gasteiger partial charge in [-0.2, -0.15) is 13.2 Å². The van der Waals surface area contributed by atoms with Crippen LogP contribution in [0.4, 0.5) is 24.7 Å². The first-order valence-electron chi connectivity index (χ1n) is 7.35. The van der Waals surface area contributed by atoms with Crippen molar-refractivity contribution in [2.24, 2.45) is 0 Å². The normalized spacial score (nSPS) is 11.5. The van der Waals surface area contributed by atoms with Crippen LogP contribution in [0.1, 0.15) is 11.1 Å². The van der Waals surface area contributed by atoms with Gasteiger partial charge in [0.05, 0.1) is 0 Å². The van der Waals surface area contributed by atoms with Gasteiger partial charge in [-0.15, -0.1) is 0 Å². The van der Waals surface area contributed by atoms with E-state index in [0.717, 1.165) is 0 Å². The van der Waals surface area contributed by atoms with Gasteiger partial charge >= 0.3 is 6.18 Å². The molecule has 0 amide bonds. The van der Waals surface area contributed by atoms with Crippen LogP contribution in [0.3, 0.4) is 0 Å². The number of hydrogen-bond acceptors (Lipinski definition) is 4. The zero-order chi connectivity index (χ0) is 18.9. The van der Waals surface area contributed by atoms with Crippen molar-refractivity contribution in [2.75, 3.05) is 5.32 Å². The Bertz CT molecular complexity index is 947. The molecule has 1 aromatic carbocycles. The lowest BCUT2D eigenvalue weighted by atomic mass is 10.2. The number of nitrogens with one attached hydrogen (secondary N) is 1. The molecule has 2 aromatic heterocycles. The maximum Gasteiger partial charge on any atom is 0.422 e. The van der Waals surface area contributed by atoms with E-state index in [0.29, 0.717) is 22.0 Å². The van der Waals surface area contributed by atoms with Crippen molar-refractivity contribution >= 4 is 34.7 Å². The Morgan fingerprint density at radius 1 is 1.04 bits per heavy atom. The number of aromatic nitrogens is 3. The second-order valence-electron chi connectivity index (χ2n) is 5.36. The molecule has 0 aliphatic carbocycles. The molecule has 0 spiro atoms. The summed E-state index contributed by atoms with van der Waals surface area (Å²) in [6.45, 7) is 1.71. The van der Waals surface area contributed by atoms with Gasteiger partial charge < -0.3 is 5.32 Å². The predicted octanol–water partition coefficient (Wildman–Crippen LogP) is 5.92. The van der Waals surface area contributed by atoms with Crippen molar-refractivity contribution in [1.82, 2.24) is 15.0 Å². The molecule has 0 unspecified atom stereocenters. The third kappa shape index (κ3) is 3.89. The number of aryl methyl sites for hydroxylation is 1. The molecule has 134 valence electrons. The van der Waals surface area contributed by atoms with Crippen LogP contribution < -0.4 is 5.32 Å². The number of pyridine rings is 1. The minimum atomic E-state index is -4.73. The smallest absolute Gasteiger partial charge is 0.339 e. The van der Waals surface area contributed by atoms with Crippen molar-refractivity contribution in [3.8, 4) is 11.5 Å². The Kier molecular flexibility index (Phi) is 5.02. The molecular weight excluding hydrogens is 388 g/mol. The molecular formula is C17H11Cl2F3N4. The number of anilines is 2. The highest BCUT2D eigenvalue weighted by Gasteiger charge is 2.39. The molecule has 4 nitrogen and oxygen atoms in total. The monoisotopic (exact) mass is 398 g/mol. The Morgan fingerprint density at radius 2 is 1.81 bits per heavy atom. The summed E-state index contributed by atoms with van der Waals surface area (Å²) in [5.74, 6) is -0.471. The van der Waals surface area contributed by atoms with Crippen molar-refractivity contribution in [3.05, 3.63) is 63.9 Å². The van der Waals surface area contributed by atoms with Crippen LogP contribution in [0.2, 0.25) is 10.2 Å². The van der Waals surface area contributed by atoms with Gasteiger partial charge in [-0.3, -0.25) is 4.98 Å². The minimum Gasteiger partial charge on any atom is -0.339 e. The lowest BCUT2D eigenvalue weighted by Crippen LogP contribution is -2.14. The number of nitrogens with zero attached hydrogens (tertiary/aromatic N) is 3. The van der Waals surface area contributed by atoms with Gasteiger partial charge in [0.15, 0.2) is 5.82 Å². The van der Waals surface area contributed by atoms with E-state index < -0.39 is 22.7 Å². The summed E-state index contributed by atoms with van der Waals surface area (Å²) in [5, 5.41) is 2.45.